The number of amides is 1. The summed E-state index contributed by atoms with van der Waals surface area (Å²) in [5.41, 5.74) is 3.07. The fourth-order valence-electron chi connectivity index (χ4n) is 2.63. The Bertz CT molecular complexity index is 666. The monoisotopic (exact) mass is 388 g/mol. The summed E-state index contributed by atoms with van der Waals surface area (Å²) < 4.78 is 1.03. The molecule has 0 saturated heterocycles. The molecule has 0 fully saturated rings. The third kappa shape index (κ3) is 4.92. The molecule has 0 heterocycles. The molecule has 2 aromatic rings. The highest BCUT2D eigenvalue weighted by Gasteiger charge is 2.13. The first-order chi connectivity index (χ1) is 11.5. The van der Waals surface area contributed by atoms with Gasteiger partial charge in [-0.15, -0.1) is 0 Å². The molecule has 0 N–H and O–H groups in total. The lowest BCUT2D eigenvalue weighted by molar-refractivity contribution is 0.0785. The average Bonchev–Trinajstić information content (AvgIpc) is 2.61. The van der Waals surface area contributed by atoms with Crippen LogP contribution in [0, 0.1) is 0 Å². The van der Waals surface area contributed by atoms with Gasteiger partial charge in [0.05, 0.1) is 0 Å². The van der Waals surface area contributed by atoms with E-state index in [1.165, 1.54) is 5.56 Å². The third-order valence-corrected chi connectivity index (χ3v) is 4.99. The number of benzene rings is 2. The van der Waals surface area contributed by atoms with Crippen molar-refractivity contribution in [2.75, 3.05) is 20.1 Å². The van der Waals surface area contributed by atoms with E-state index in [2.05, 4.69) is 46.8 Å². The van der Waals surface area contributed by atoms with Crippen LogP contribution in [0.3, 0.4) is 0 Å². The van der Waals surface area contributed by atoms with Gasteiger partial charge in [0.1, 0.15) is 0 Å². The first-order valence-electron chi connectivity index (χ1n) is 8.35. The highest BCUT2D eigenvalue weighted by atomic mass is 79.9. The molecule has 0 saturated carbocycles. The number of rotatable bonds is 7. The topological polar surface area (TPSA) is 23.6 Å². The maximum absolute atomic E-state index is 12.6. The Balaban J connectivity index is 2.02. The van der Waals surface area contributed by atoms with E-state index in [-0.39, 0.29) is 5.91 Å². The Morgan fingerprint density at radius 1 is 0.958 bits per heavy atom. The van der Waals surface area contributed by atoms with Crippen LogP contribution in [0.5, 0.6) is 0 Å². The van der Waals surface area contributed by atoms with E-state index in [0.29, 0.717) is 6.54 Å². The van der Waals surface area contributed by atoms with Crippen LogP contribution < -0.4 is 0 Å². The van der Waals surface area contributed by atoms with Crippen LogP contribution >= 0.6 is 15.9 Å². The zero-order chi connectivity index (χ0) is 17.5. The van der Waals surface area contributed by atoms with E-state index in [1.807, 2.05) is 43.4 Å². The van der Waals surface area contributed by atoms with Crippen LogP contribution in [0.25, 0.3) is 0 Å². The van der Waals surface area contributed by atoms with Crippen molar-refractivity contribution in [1.29, 1.82) is 0 Å². The van der Waals surface area contributed by atoms with Gasteiger partial charge >= 0.3 is 0 Å². The van der Waals surface area contributed by atoms with Crippen LogP contribution in [0.1, 0.15) is 35.3 Å². The standard InChI is InChI=1S/C20H25BrN2O/c1-4-23(5-2)14-16-10-12-17(13-11-16)20(24)22(3)15-18-8-6-7-9-19(18)21/h6-13H,4-5,14-15H2,1-3H3. The molecule has 0 aliphatic rings. The molecule has 3 nitrogen and oxygen atoms in total. The van der Waals surface area contributed by atoms with Crippen LogP contribution in [0.15, 0.2) is 53.0 Å². The van der Waals surface area contributed by atoms with Gasteiger partial charge in [-0.1, -0.05) is 60.1 Å². The number of nitrogens with zero attached hydrogens (tertiary/aromatic N) is 2. The van der Waals surface area contributed by atoms with Crippen molar-refractivity contribution in [3.8, 4) is 0 Å². The fourth-order valence-corrected chi connectivity index (χ4v) is 3.04. The van der Waals surface area contributed by atoms with Gasteiger partial charge < -0.3 is 4.90 Å². The van der Waals surface area contributed by atoms with Crippen molar-refractivity contribution < 1.29 is 4.79 Å². The molecule has 0 unspecified atom stereocenters. The second-order valence-electron chi connectivity index (χ2n) is 5.91. The van der Waals surface area contributed by atoms with Gasteiger partial charge in [0.2, 0.25) is 0 Å². The molecule has 0 radical (unpaired) electrons. The number of hydrogen-bond donors (Lipinski definition) is 0. The van der Waals surface area contributed by atoms with Gasteiger partial charge in [0.15, 0.2) is 0 Å². The van der Waals surface area contributed by atoms with E-state index in [9.17, 15) is 4.79 Å². The van der Waals surface area contributed by atoms with Crippen molar-refractivity contribution in [2.24, 2.45) is 0 Å². The number of carbonyl (C=O) groups excluding carboxylic acids is 1. The van der Waals surface area contributed by atoms with Gasteiger partial charge in [-0.3, -0.25) is 9.69 Å². The lowest BCUT2D eigenvalue weighted by Gasteiger charge is -2.20. The van der Waals surface area contributed by atoms with E-state index in [0.717, 1.165) is 35.2 Å². The maximum Gasteiger partial charge on any atom is 0.253 e. The molecule has 4 heteroatoms. The van der Waals surface area contributed by atoms with Crippen LogP contribution in [0.4, 0.5) is 0 Å². The molecule has 0 bridgehead atoms. The van der Waals surface area contributed by atoms with E-state index in [4.69, 9.17) is 0 Å². The van der Waals surface area contributed by atoms with Crippen molar-refractivity contribution in [3.63, 3.8) is 0 Å². The lowest BCUT2D eigenvalue weighted by atomic mass is 10.1. The molecule has 128 valence electrons. The van der Waals surface area contributed by atoms with Crippen molar-refractivity contribution in [1.82, 2.24) is 9.80 Å². The molecule has 24 heavy (non-hydrogen) atoms. The highest BCUT2D eigenvalue weighted by Crippen LogP contribution is 2.18. The quantitative estimate of drug-likeness (QED) is 0.693. The van der Waals surface area contributed by atoms with Crippen molar-refractivity contribution in [3.05, 3.63) is 69.7 Å². The molecule has 0 aliphatic carbocycles. The molecule has 0 atom stereocenters. The summed E-state index contributed by atoms with van der Waals surface area (Å²) in [6.07, 6.45) is 0. The first-order valence-corrected chi connectivity index (χ1v) is 9.14. The third-order valence-electron chi connectivity index (χ3n) is 4.21. The minimum atomic E-state index is 0.0418. The Morgan fingerprint density at radius 2 is 1.58 bits per heavy atom. The summed E-state index contributed by atoms with van der Waals surface area (Å²) >= 11 is 3.53. The van der Waals surface area contributed by atoms with Crippen LogP contribution in [-0.2, 0) is 13.1 Å². The summed E-state index contributed by atoms with van der Waals surface area (Å²) in [5, 5.41) is 0. The Morgan fingerprint density at radius 3 is 2.17 bits per heavy atom. The zero-order valence-corrected chi connectivity index (χ0v) is 16.2. The lowest BCUT2D eigenvalue weighted by Crippen LogP contribution is -2.26. The average molecular weight is 389 g/mol. The van der Waals surface area contributed by atoms with Gasteiger partial charge in [0.25, 0.3) is 5.91 Å². The summed E-state index contributed by atoms with van der Waals surface area (Å²) in [6, 6.07) is 16.0. The minimum Gasteiger partial charge on any atom is -0.337 e. The molecule has 0 aliphatic heterocycles. The zero-order valence-electron chi connectivity index (χ0n) is 14.6. The van der Waals surface area contributed by atoms with Crippen molar-refractivity contribution in [2.45, 2.75) is 26.9 Å². The molecular weight excluding hydrogens is 364 g/mol. The van der Waals surface area contributed by atoms with Gasteiger partial charge in [-0.2, -0.15) is 0 Å². The molecule has 0 spiro atoms. The van der Waals surface area contributed by atoms with Crippen LogP contribution in [-0.4, -0.2) is 35.8 Å². The largest absolute Gasteiger partial charge is 0.337 e. The summed E-state index contributed by atoms with van der Waals surface area (Å²) in [7, 11) is 1.84. The van der Waals surface area contributed by atoms with Gasteiger partial charge in [-0.05, 0) is 42.4 Å². The number of carbonyl (C=O) groups is 1. The molecular formula is C20H25BrN2O. The first kappa shape index (κ1) is 18.7. The fraction of sp³-hybridized carbons (Fsp3) is 0.350. The van der Waals surface area contributed by atoms with Gasteiger partial charge in [0, 0.05) is 30.2 Å². The Kier molecular flexibility index (Phi) is 7.00. The second-order valence-corrected chi connectivity index (χ2v) is 6.77. The Labute approximate surface area is 153 Å². The Hall–Kier alpha value is -1.65. The summed E-state index contributed by atoms with van der Waals surface area (Å²) in [6.45, 7) is 7.91. The summed E-state index contributed by atoms with van der Waals surface area (Å²) in [4.78, 5) is 16.7. The van der Waals surface area contributed by atoms with E-state index in [1.54, 1.807) is 4.90 Å². The summed E-state index contributed by atoms with van der Waals surface area (Å²) in [5.74, 6) is 0.0418. The minimum absolute atomic E-state index is 0.0418. The predicted molar refractivity (Wildman–Crippen MR) is 103 cm³/mol. The molecule has 0 aromatic heterocycles. The van der Waals surface area contributed by atoms with Crippen LogP contribution in [0.2, 0.25) is 0 Å². The second kappa shape index (κ2) is 9.00. The van der Waals surface area contributed by atoms with E-state index < -0.39 is 0 Å². The SMILES string of the molecule is CCN(CC)Cc1ccc(C(=O)N(C)Cc2ccccc2Br)cc1. The predicted octanol–water partition coefficient (Wildman–Crippen LogP) is 4.56. The molecule has 2 aromatic carbocycles. The molecule has 1 amide bonds. The highest BCUT2D eigenvalue weighted by molar-refractivity contribution is 9.10. The number of hydrogen-bond acceptors (Lipinski definition) is 2. The van der Waals surface area contributed by atoms with Gasteiger partial charge in [-0.25, -0.2) is 0 Å². The van der Waals surface area contributed by atoms with Crippen molar-refractivity contribution >= 4 is 21.8 Å². The normalized spacial score (nSPS) is 10.9. The van der Waals surface area contributed by atoms with E-state index >= 15 is 0 Å². The number of halogens is 1. The maximum atomic E-state index is 12.6. The smallest absolute Gasteiger partial charge is 0.253 e. The molecule has 2 rings (SSSR count).